The van der Waals surface area contributed by atoms with Gasteiger partial charge < -0.3 is 15.8 Å². The highest BCUT2D eigenvalue weighted by atomic mass is 16.5. The number of benzene rings is 1. The normalized spacial score (nSPS) is 21.1. The molecule has 120 valence electrons. The van der Waals surface area contributed by atoms with E-state index in [1.807, 2.05) is 24.3 Å². The van der Waals surface area contributed by atoms with Crippen LogP contribution in [0.2, 0.25) is 0 Å². The fourth-order valence-electron chi connectivity index (χ4n) is 2.94. The molecule has 0 heterocycles. The molecule has 0 saturated heterocycles. The van der Waals surface area contributed by atoms with Crippen LogP contribution < -0.4 is 15.8 Å². The molecule has 0 radical (unpaired) electrons. The van der Waals surface area contributed by atoms with Crippen LogP contribution >= 0.6 is 0 Å². The van der Waals surface area contributed by atoms with Gasteiger partial charge >= 0.3 is 0 Å². The highest BCUT2D eigenvalue weighted by molar-refractivity contribution is 5.78. The van der Waals surface area contributed by atoms with Crippen molar-refractivity contribution in [1.29, 1.82) is 0 Å². The Bertz CT molecular complexity index is 522. The second-order valence-electron chi connectivity index (χ2n) is 5.95. The first kappa shape index (κ1) is 16.3. The number of ether oxygens (including phenoxy) is 1. The van der Waals surface area contributed by atoms with Crippen LogP contribution in [-0.4, -0.2) is 25.5 Å². The molecule has 1 aliphatic carbocycles. The number of nitrogens with one attached hydrogen (secondary N) is 1. The zero-order valence-corrected chi connectivity index (χ0v) is 13.0. The van der Waals surface area contributed by atoms with Crippen LogP contribution in [0, 0.1) is 11.8 Å². The van der Waals surface area contributed by atoms with Gasteiger partial charge in [-0.15, -0.1) is 0 Å². The third-order valence-corrected chi connectivity index (χ3v) is 4.34. The summed E-state index contributed by atoms with van der Waals surface area (Å²) in [6.45, 7) is 0.675. The fourth-order valence-corrected chi connectivity index (χ4v) is 2.94. The zero-order valence-electron chi connectivity index (χ0n) is 13.0. The van der Waals surface area contributed by atoms with Crippen molar-refractivity contribution in [2.45, 2.75) is 32.1 Å². The Morgan fingerprint density at radius 2 is 2.00 bits per heavy atom. The molecule has 5 nitrogen and oxygen atoms in total. The number of hydrogen-bond donors (Lipinski definition) is 2. The Morgan fingerprint density at radius 1 is 1.27 bits per heavy atom. The molecular weight excluding hydrogens is 280 g/mol. The van der Waals surface area contributed by atoms with Crippen LogP contribution in [0.5, 0.6) is 5.75 Å². The van der Waals surface area contributed by atoms with E-state index in [0.29, 0.717) is 18.9 Å². The molecule has 22 heavy (non-hydrogen) atoms. The van der Waals surface area contributed by atoms with Crippen molar-refractivity contribution in [3.05, 3.63) is 29.8 Å². The van der Waals surface area contributed by atoms with E-state index in [1.54, 1.807) is 7.11 Å². The van der Waals surface area contributed by atoms with Crippen molar-refractivity contribution in [2.24, 2.45) is 17.6 Å². The monoisotopic (exact) mass is 304 g/mol. The van der Waals surface area contributed by atoms with Crippen LogP contribution in [0.25, 0.3) is 0 Å². The molecular formula is C17H24N2O3. The molecule has 1 aliphatic rings. The molecule has 1 fully saturated rings. The standard InChI is InChI=1S/C17H24N2O3/c1-22-15-4-2-3-13(9-15)10-16(20)19-11-12-5-7-14(8-6-12)17(18)21/h2-4,9,12,14H,5-8,10-11H2,1H3,(H2,18,21)(H,19,20). The smallest absolute Gasteiger partial charge is 0.224 e. The highest BCUT2D eigenvalue weighted by Crippen LogP contribution is 2.28. The second-order valence-corrected chi connectivity index (χ2v) is 5.95. The predicted molar refractivity (Wildman–Crippen MR) is 84.4 cm³/mol. The second kappa shape index (κ2) is 7.82. The Hall–Kier alpha value is -2.04. The molecule has 0 aliphatic heterocycles. The van der Waals surface area contributed by atoms with Crippen molar-refractivity contribution in [3.63, 3.8) is 0 Å². The van der Waals surface area contributed by atoms with Gasteiger partial charge in [-0.1, -0.05) is 12.1 Å². The topological polar surface area (TPSA) is 81.4 Å². The summed E-state index contributed by atoms with van der Waals surface area (Å²) in [4.78, 5) is 23.1. The molecule has 1 aromatic carbocycles. The zero-order chi connectivity index (χ0) is 15.9. The van der Waals surface area contributed by atoms with Crippen LogP contribution in [0.3, 0.4) is 0 Å². The van der Waals surface area contributed by atoms with Crippen molar-refractivity contribution >= 4 is 11.8 Å². The summed E-state index contributed by atoms with van der Waals surface area (Å²) in [5.74, 6) is 1.05. The maximum atomic E-state index is 12.0. The Kier molecular flexibility index (Phi) is 5.81. The largest absolute Gasteiger partial charge is 0.497 e. The first-order chi connectivity index (χ1) is 10.6. The Morgan fingerprint density at radius 3 is 2.64 bits per heavy atom. The lowest BCUT2D eigenvalue weighted by Crippen LogP contribution is -2.34. The van der Waals surface area contributed by atoms with Gasteiger partial charge in [0.2, 0.25) is 11.8 Å². The van der Waals surface area contributed by atoms with E-state index in [9.17, 15) is 9.59 Å². The van der Waals surface area contributed by atoms with Crippen LogP contribution in [0.4, 0.5) is 0 Å². The summed E-state index contributed by atoms with van der Waals surface area (Å²) < 4.78 is 5.15. The van der Waals surface area contributed by atoms with Gasteiger partial charge in [-0.3, -0.25) is 9.59 Å². The van der Waals surface area contributed by atoms with E-state index in [0.717, 1.165) is 37.0 Å². The predicted octanol–water partition coefficient (Wildman–Crippen LogP) is 1.65. The Labute approximate surface area is 131 Å². The lowest BCUT2D eigenvalue weighted by Gasteiger charge is -2.26. The van der Waals surface area contributed by atoms with Gasteiger partial charge in [0, 0.05) is 12.5 Å². The lowest BCUT2D eigenvalue weighted by atomic mass is 9.81. The molecule has 1 aromatic rings. The summed E-state index contributed by atoms with van der Waals surface area (Å²) in [5, 5.41) is 2.99. The molecule has 0 bridgehead atoms. The molecule has 0 unspecified atom stereocenters. The molecule has 0 atom stereocenters. The van der Waals surface area contributed by atoms with Gasteiger partial charge in [-0.05, 0) is 49.3 Å². The van der Waals surface area contributed by atoms with Gasteiger partial charge in [-0.25, -0.2) is 0 Å². The summed E-state index contributed by atoms with van der Waals surface area (Å²) in [6.07, 6.45) is 3.94. The van der Waals surface area contributed by atoms with Crippen LogP contribution in [-0.2, 0) is 16.0 Å². The molecule has 2 rings (SSSR count). The third-order valence-electron chi connectivity index (χ3n) is 4.34. The van der Waals surface area contributed by atoms with Gasteiger partial charge in [0.05, 0.1) is 13.5 Å². The van der Waals surface area contributed by atoms with Crippen molar-refractivity contribution in [3.8, 4) is 5.75 Å². The van der Waals surface area contributed by atoms with Crippen molar-refractivity contribution in [1.82, 2.24) is 5.32 Å². The molecule has 3 N–H and O–H groups in total. The molecule has 5 heteroatoms. The molecule has 2 amide bonds. The maximum absolute atomic E-state index is 12.0. The number of nitrogens with two attached hydrogens (primary N) is 1. The number of methoxy groups -OCH3 is 1. The minimum Gasteiger partial charge on any atom is -0.497 e. The number of carbonyl (C=O) groups excluding carboxylic acids is 2. The van der Waals surface area contributed by atoms with Crippen LogP contribution in [0.1, 0.15) is 31.2 Å². The summed E-state index contributed by atoms with van der Waals surface area (Å²) in [6, 6.07) is 7.53. The quantitative estimate of drug-likeness (QED) is 0.838. The van der Waals surface area contributed by atoms with E-state index in [1.165, 1.54) is 0 Å². The van der Waals surface area contributed by atoms with E-state index >= 15 is 0 Å². The third kappa shape index (κ3) is 4.76. The van der Waals surface area contributed by atoms with Crippen molar-refractivity contribution in [2.75, 3.05) is 13.7 Å². The number of rotatable bonds is 6. The molecule has 0 spiro atoms. The Balaban J connectivity index is 1.73. The number of hydrogen-bond acceptors (Lipinski definition) is 3. The average Bonchev–Trinajstić information content (AvgIpc) is 2.53. The molecule has 0 aromatic heterocycles. The number of carbonyl (C=O) groups is 2. The minimum absolute atomic E-state index is 0.0173. The number of primary amides is 1. The van der Waals surface area contributed by atoms with Gasteiger partial charge in [0.15, 0.2) is 0 Å². The summed E-state index contributed by atoms with van der Waals surface area (Å²) in [7, 11) is 1.61. The van der Waals surface area contributed by atoms with Gasteiger partial charge in [0.1, 0.15) is 5.75 Å². The average molecular weight is 304 g/mol. The fraction of sp³-hybridized carbons (Fsp3) is 0.529. The van der Waals surface area contributed by atoms with E-state index in [-0.39, 0.29) is 17.7 Å². The minimum atomic E-state index is -0.194. The first-order valence-corrected chi connectivity index (χ1v) is 7.77. The van der Waals surface area contributed by atoms with Crippen molar-refractivity contribution < 1.29 is 14.3 Å². The van der Waals surface area contributed by atoms with Crippen LogP contribution in [0.15, 0.2) is 24.3 Å². The maximum Gasteiger partial charge on any atom is 0.224 e. The van der Waals surface area contributed by atoms with E-state index < -0.39 is 0 Å². The summed E-state index contributed by atoms with van der Waals surface area (Å²) in [5.41, 5.74) is 6.26. The summed E-state index contributed by atoms with van der Waals surface area (Å²) >= 11 is 0. The molecule has 1 saturated carbocycles. The van der Waals surface area contributed by atoms with Gasteiger partial charge in [-0.2, -0.15) is 0 Å². The van der Waals surface area contributed by atoms with E-state index in [4.69, 9.17) is 10.5 Å². The lowest BCUT2D eigenvalue weighted by molar-refractivity contribution is -0.123. The number of amides is 2. The highest BCUT2D eigenvalue weighted by Gasteiger charge is 2.24. The van der Waals surface area contributed by atoms with Gasteiger partial charge in [0.25, 0.3) is 0 Å². The SMILES string of the molecule is COc1cccc(CC(=O)NCC2CCC(C(N)=O)CC2)c1. The first-order valence-electron chi connectivity index (χ1n) is 7.77. The van der Waals surface area contributed by atoms with E-state index in [2.05, 4.69) is 5.32 Å².